The average Bonchev–Trinajstić information content (AvgIpc) is 2.56. The number of carbonyl (C=O) groups excluding carboxylic acids is 3. The van der Waals surface area contributed by atoms with Crippen molar-refractivity contribution in [2.45, 2.75) is 33.2 Å². The summed E-state index contributed by atoms with van der Waals surface area (Å²) in [7, 11) is 1.74. The number of hydrogen-bond donors (Lipinski definition) is 1. The van der Waals surface area contributed by atoms with Crippen LogP contribution in [0.5, 0.6) is 0 Å². The lowest BCUT2D eigenvalue weighted by molar-refractivity contribution is -0.132. The van der Waals surface area contributed by atoms with E-state index >= 15 is 0 Å². The lowest BCUT2D eigenvalue weighted by Crippen LogP contribution is -2.60. The summed E-state index contributed by atoms with van der Waals surface area (Å²) in [4.78, 5) is 42.6. The molecule has 1 aromatic carbocycles. The summed E-state index contributed by atoms with van der Waals surface area (Å²) < 4.78 is 0. The first-order chi connectivity index (χ1) is 12.2. The van der Waals surface area contributed by atoms with E-state index in [2.05, 4.69) is 5.32 Å². The van der Waals surface area contributed by atoms with E-state index in [1.807, 2.05) is 32.0 Å². The summed E-state index contributed by atoms with van der Waals surface area (Å²) in [6.45, 7) is 8.80. The second kappa shape index (κ2) is 7.86. The van der Waals surface area contributed by atoms with Crippen LogP contribution in [0, 0.1) is 0 Å². The molecular weight excluding hydrogens is 332 g/mol. The number of likely N-dealkylation sites (N-methyl/N-ethyl adjacent to an activating group) is 2. The number of rotatable bonds is 6. The fourth-order valence-corrected chi connectivity index (χ4v) is 3.16. The van der Waals surface area contributed by atoms with Crippen LogP contribution < -0.4 is 10.2 Å². The molecule has 0 saturated heterocycles. The molecule has 3 amide bonds. The Morgan fingerprint density at radius 2 is 1.73 bits per heavy atom. The zero-order valence-electron chi connectivity index (χ0n) is 16.2. The standard InChI is InChI=1S/C19H28N4O3/c1-6-22(7-2)16(24)12-21(5)13-17(25)23-15-11-9-8-10-14(15)20-18(26)19(23,3)4/h8-11H,6-7,12-13H2,1-5H3,(H,20,26). The van der Waals surface area contributed by atoms with Gasteiger partial charge in [-0.3, -0.25) is 24.2 Å². The molecule has 7 heteroatoms. The van der Waals surface area contributed by atoms with Crippen LogP contribution in [0.4, 0.5) is 11.4 Å². The highest BCUT2D eigenvalue weighted by atomic mass is 16.2. The third-order valence-electron chi connectivity index (χ3n) is 4.68. The Morgan fingerprint density at radius 1 is 1.12 bits per heavy atom. The van der Waals surface area contributed by atoms with E-state index in [0.717, 1.165) is 0 Å². The van der Waals surface area contributed by atoms with Crippen LogP contribution in [0.15, 0.2) is 24.3 Å². The van der Waals surface area contributed by atoms with Crippen LogP contribution in [-0.2, 0) is 14.4 Å². The summed E-state index contributed by atoms with van der Waals surface area (Å²) >= 11 is 0. The van der Waals surface area contributed by atoms with Crippen LogP contribution in [0.3, 0.4) is 0 Å². The van der Waals surface area contributed by atoms with E-state index in [1.165, 1.54) is 4.90 Å². The van der Waals surface area contributed by atoms with E-state index in [1.54, 1.807) is 36.8 Å². The van der Waals surface area contributed by atoms with Crippen molar-refractivity contribution in [3.05, 3.63) is 24.3 Å². The first-order valence-electron chi connectivity index (χ1n) is 8.92. The number of anilines is 2. The van der Waals surface area contributed by atoms with Gasteiger partial charge in [-0.15, -0.1) is 0 Å². The van der Waals surface area contributed by atoms with Gasteiger partial charge in [-0.25, -0.2) is 0 Å². The second-order valence-corrected chi connectivity index (χ2v) is 7.00. The number of benzene rings is 1. The number of fused-ring (bicyclic) bond motifs is 1. The fourth-order valence-electron chi connectivity index (χ4n) is 3.16. The molecule has 0 radical (unpaired) electrons. The van der Waals surface area contributed by atoms with Gasteiger partial charge in [0.25, 0.3) is 0 Å². The molecule has 0 saturated carbocycles. The summed E-state index contributed by atoms with van der Waals surface area (Å²) in [5.74, 6) is -0.458. The second-order valence-electron chi connectivity index (χ2n) is 7.00. The van der Waals surface area contributed by atoms with Crippen molar-refractivity contribution in [1.82, 2.24) is 9.80 Å². The fraction of sp³-hybridized carbons (Fsp3) is 0.526. The predicted octanol–water partition coefficient (Wildman–Crippen LogP) is 1.55. The Hall–Kier alpha value is -2.41. The van der Waals surface area contributed by atoms with E-state index in [4.69, 9.17) is 0 Å². The number of nitrogens with one attached hydrogen (secondary N) is 1. The molecule has 26 heavy (non-hydrogen) atoms. The van der Waals surface area contributed by atoms with Crippen molar-refractivity contribution in [2.75, 3.05) is 43.4 Å². The van der Waals surface area contributed by atoms with Crippen LogP contribution in [0.25, 0.3) is 0 Å². The quantitative estimate of drug-likeness (QED) is 0.835. The first kappa shape index (κ1) is 19.9. The molecule has 2 rings (SSSR count). The van der Waals surface area contributed by atoms with Crippen molar-refractivity contribution in [3.8, 4) is 0 Å². The van der Waals surface area contributed by atoms with E-state index < -0.39 is 5.54 Å². The number of amides is 3. The number of nitrogens with zero attached hydrogens (tertiary/aromatic N) is 3. The Bertz CT molecular complexity index is 698. The third kappa shape index (κ3) is 3.88. The van der Waals surface area contributed by atoms with Crippen LogP contribution in [0.1, 0.15) is 27.7 Å². The lowest BCUT2D eigenvalue weighted by Gasteiger charge is -2.42. The van der Waals surface area contributed by atoms with Gasteiger partial charge in [0.05, 0.1) is 24.5 Å². The smallest absolute Gasteiger partial charge is 0.250 e. The molecule has 1 heterocycles. The van der Waals surface area contributed by atoms with Crippen molar-refractivity contribution >= 4 is 29.1 Å². The van der Waals surface area contributed by atoms with Gasteiger partial charge in [0.1, 0.15) is 5.54 Å². The van der Waals surface area contributed by atoms with Crippen molar-refractivity contribution in [2.24, 2.45) is 0 Å². The molecule has 0 atom stereocenters. The molecule has 1 N–H and O–H groups in total. The van der Waals surface area contributed by atoms with Crippen LogP contribution >= 0.6 is 0 Å². The largest absolute Gasteiger partial charge is 0.342 e. The summed E-state index contributed by atoms with van der Waals surface area (Å²) in [5, 5.41) is 2.84. The Morgan fingerprint density at radius 3 is 2.35 bits per heavy atom. The Kier molecular flexibility index (Phi) is 6.02. The van der Waals surface area contributed by atoms with Crippen LogP contribution in [-0.4, -0.2) is 66.3 Å². The maximum Gasteiger partial charge on any atom is 0.250 e. The lowest BCUT2D eigenvalue weighted by atomic mass is 9.96. The minimum Gasteiger partial charge on any atom is -0.342 e. The minimum absolute atomic E-state index is 0.0126. The van der Waals surface area contributed by atoms with Crippen LogP contribution in [0.2, 0.25) is 0 Å². The molecule has 142 valence electrons. The molecule has 7 nitrogen and oxygen atoms in total. The van der Waals surface area contributed by atoms with Crippen molar-refractivity contribution in [1.29, 1.82) is 0 Å². The highest BCUT2D eigenvalue weighted by Crippen LogP contribution is 2.36. The molecule has 0 aliphatic carbocycles. The van der Waals surface area contributed by atoms with Gasteiger partial charge in [-0.1, -0.05) is 12.1 Å². The molecule has 0 aromatic heterocycles. The molecule has 1 aliphatic heterocycles. The van der Waals surface area contributed by atoms with Gasteiger partial charge in [-0.05, 0) is 46.9 Å². The van der Waals surface area contributed by atoms with Gasteiger partial charge in [0.2, 0.25) is 17.7 Å². The first-order valence-corrected chi connectivity index (χ1v) is 8.92. The zero-order chi connectivity index (χ0) is 19.5. The maximum atomic E-state index is 13.0. The van der Waals surface area contributed by atoms with Crippen molar-refractivity contribution < 1.29 is 14.4 Å². The normalized spacial score (nSPS) is 15.5. The molecule has 0 spiro atoms. The SMILES string of the molecule is CCN(CC)C(=O)CN(C)CC(=O)N1c2ccccc2NC(=O)C1(C)C. The van der Waals surface area contributed by atoms with Gasteiger partial charge < -0.3 is 10.2 Å². The Labute approximate surface area is 154 Å². The molecule has 1 aliphatic rings. The minimum atomic E-state index is -1.00. The average molecular weight is 360 g/mol. The molecule has 0 fully saturated rings. The topological polar surface area (TPSA) is 73.0 Å². The Balaban J connectivity index is 2.17. The highest BCUT2D eigenvalue weighted by molar-refractivity contribution is 6.14. The van der Waals surface area contributed by atoms with E-state index in [0.29, 0.717) is 24.5 Å². The number of hydrogen-bond acceptors (Lipinski definition) is 4. The zero-order valence-corrected chi connectivity index (χ0v) is 16.2. The molecule has 1 aromatic rings. The summed E-state index contributed by atoms with van der Waals surface area (Å²) in [6.07, 6.45) is 0. The van der Waals surface area contributed by atoms with E-state index in [-0.39, 0.29) is 30.8 Å². The van der Waals surface area contributed by atoms with Gasteiger partial charge in [-0.2, -0.15) is 0 Å². The monoisotopic (exact) mass is 360 g/mol. The van der Waals surface area contributed by atoms with Gasteiger partial charge in [0, 0.05) is 13.1 Å². The summed E-state index contributed by atoms with van der Waals surface area (Å²) in [5.41, 5.74) is 0.285. The molecular formula is C19H28N4O3. The van der Waals surface area contributed by atoms with Crippen molar-refractivity contribution in [3.63, 3.8) is 0 Å². The molecule has 0 bridgehead atoms. The number of carbonyl (C=O) groups is 3. The third-order valence-corrected chi connectivity index (χ3v) is 4.68. The summed E-state index contributed by atoms with van der Waals surface area (Å²) in [6, 6.07) is 7.24. The van der Waals surface area contributed by atoms with E-state index in [9.17, 15) is 14.4 Å². The molecule has 0 unspecified atom stereocenters. The van der Waals surface area contributed by atoms with Gasteiger partial charge in [0.15, 0.2) is 0 Å². The highest BCUT2D eigenvalue weighted by Gasteiger charge is 2.43. The maximum absolute atomic E-state index is 13.0. The van der Waals surface area contributed by atoms with Gasteiger partial charge >= 0.3 is 0 Å². The predicted molar refractivity (Wildman–Crippen MR) is 102 cm³/mol. The number of para-hydroxylation sites is 2.